The Morgan fingerprint density at radius 3 is 2.69 bits per heavy atom. The van der Waals surface area contributed by atoms with E-state index in [4.69, 9.17) is 0 Å². The molecule has 0 aromatic carbocycles. The third-order valence-electron chi connectivity index (χ3n) is 3.29. The van der Waals surface area contributed by atoms with Crippen LogP contribution in [-0.2, 0) is 11.8 Å². The maximum Gasteiger partial charge on any atom is 0.230 e. The molecule has 0 bridgehead atoms. The largest absolute Gasteiger partial charge is 0.300 e. The van der Waals surface area contributed by atoms with Crippen molar-refractivity contribution in [1.82, 2.24) is 14.8 Å². The first kappa shape index (κ1) is 11.1. The van der Waals surface area contributed by atoms with Crippen molar-refractivity contribution in [2.45, 2.75) is 39.0 Å². The van der Waals surface area contributed by atoms with Crippen LogP contribution in [0, 0.1) is 12.8 Å². The van der Waals surface area contributed by atoms with Gasteiger partial charge in [0.05, 0.1) is 0 Å². The van der Waals surface area contributed by atoms with E-state index < -0.39 is 0 Å². The second-order valence-corrected chi connectivity index (χ2v) is 4.53. The second kappa shape index (κ2) is 4.63. The van der Waals surface area contributed by atoms with Gasteiger partial charge in [0.1, 0.15) is 5.82 Å². The predicted molar refractivity (Wildman–Crippen MR) is 60.9 cm³/mol. The van der Waals surface area contributed by atoms with E-state index in [1.54, 1.807) is 4.57 Å². The van der Waals surface area contributed by atoms with E-state index >= 15 is 0 Å². The van der Waals surface area contributed by atoms with Crippen molar-refractivity contribution in [2.75, 3.05) is 5.32 Å². The molecule has 1 N–H and O–H groups in total. The standard InChI is InChI=1S/C11H18N4O/c1-8-13-14-11(15(8)2)12-10(16)7-9-5-3-4-6-9/h9H,3-7H2,1-2H3,(H,12,14,16). The fourth-order valence-electron chi connectivity index (χ4n) is 2.17. The molecule has 0 radical (unpaired) electrons. The molecule has 1 aromatic rings. The van der Waals surface area contributed by atoms with E-state index in [9.17, 15) is 4.79 Å². The number of carbonyl (C=O) groups is 1. The minimum absolute atomic E-state index is 0.0578. The number of hydrogen-bond acceptors (Lipinski definition) is 3. The van der Waals surface area contributed by atoms with Crippen LogP contribution in [0.25, 0.3) is 0 Å². The lowest BCUT2D eigenvalue weighted by molar-refractivity contribution is -0.117. The summed E-state index contributed by atoms with van der Waals surface area (Å²) in [6.45, 7) is 1.86. The maximum absolute atomic E-state index is 11.7. The minimum Gasteiger partial charge on any atom is -0.300 e. The Kier molecular flexibility index (Phi) is 3.22. The molecule has 16 heavy (non-hydrogen) atoms. The molecule has 1 aliphatic carbocycles. The van der Waals surface area contributed by atoms with Gasteiger partial charge in [-0.25, -0.2) is 0 Å². The lowest BCUT2D eigenvalue weighted by atomic mass is 10.0. The summed E-state index contributed by atoms with van der Waals surface area (Å²) in [5.74, 6) is 1.97. The van der Waals surface area contributed by atoms with E-state index in [2.05, 4.69) is 15.5 Å². The summed E-state index contributed by atoms with van der Waals surface area (Å²) >= 11 is 0. The summed E-state index contributed by atoms with van der Waals surface area (Å²) in [5.41, 5.74) is 0. The van der Waals surface area contributed by atoms with Gasteiger partial charge in [-0.05, 0) is 25.7 Å². The number of amides is 1. The highest BCUT2D eigenvalue weighted by molar-refractivity contribution is 5.89. The average Bonchev–Trinajstić information content (AvgIpc) is 2.83. The number of hydrogen-bond donors (Lipinski definition) is 1. The van der Waals surface area contributed by atoms with Crippen LogP contribution in [0.2, 0.25) is 0 Å². The lowest BCUT2D eigenvalue weighted by Crippen LogP contribution is -2.17. The normalized spacial score (nSPS) is 16.6. The Balaban J connectivity index is 1.89. The van der Waals surface area contributed by atoms with Crippen molar-refractivity contribution >= 4 is 11.9 Å². The number of rotatable bonds is 3. The van der Waals surface area contributed by atoms with E-state index in [-0.39, 0.29) is 5.91 Å². The molecular formula is C11H18N4O. The highest BCUT2D eigenvalue weighted by atomic mass is 16.1. The summed E-state index contributed by atoms with van der Waals surface area (Å²) in [4.78, 5) is 11.7. The molecule has 1 fully saturated rings. The Bertz CT molecular complexity index is 379. The van der Waals surface area contributed by atoms with Crippen molar-refractivity contribution in [3.63, 3.8) is 0 Å². The highest BCUT2D eigenvalue weighted by Crippen LogP contribution is 2.27. The average molecular weight is 222 g/mol. The predicted octanol–water partition coefficient (Wildman–Crippen LogP) is 1.64. The van der Waals surface area contributed by atoms with Crippen LogP contribution in [0.4, 0.5) is 5.95 Å². The zero-order valence-corrected chi connectivity index (χ0v) is 9.86. The molecule has 1 amide bonds. The van der Waals surface area contributed by atoms with Gasteiger partial charge in [-0.3, -0.25) is 10.1 Å². The molecule has 0 aliphatic heterocycles. The molecule has 1 aliphatic rings. The van der Waals surface area contributed by atoms with E-state index in [0.29, 0.717) is 18.3 Å². The second-order valence-electron chi connectivity index (χ2n) is 4.53. The van der Waals surface area contributed by atoms with Gasteiger partial charge in [-0.15, -0.1) is 10.2 Å². The first-order valence-corrected chi connectivity index (χ1v) is 5.82. The van der Waals surface area contributed by atoms with Crippen LogP contribution in [0.5, 0.6) is 0 Å². The van der Waals surface area contributed by atoms with E-state index in [1.807, 2.05) is 14.0 Å². The molecule has 0 atom stereocenters. The SMILES string of the molecule is Cc1nnc(NC(=O)CC2CCCC2)n1C. The number of anilines is 1. The summed E-state index contributed by atoms with van der Waals surface area (Å²) in [6, 6.07) is 0. The molecule has 1 saturated carbocycles. The van der Waals surface area contributed by atoms with Gasteiger partial charge in [0.25, 0.3) is 0 Å². The van der Waals surface area contributed by atoms with E-state index in [1.165, 1.54) is 25.7 Å². The van der Waals surface area contributed by atoms with Crippen LogP contribution in [0.1, 0.15) is 37.9 Å². The van der Waals surface area contributed by atoms with Gasteiger partial charge in [0, 0.05) is 13.5 Å². The van der Waals surface area contributed by atoms with Crippen molar-refractivity contribution in [1.29, 1.82) is 0 Å². The van der Waals surface area contributed by atoms with Crippen molar-refractivity contribution in [2.24, 2.45) is 13.0 Å². The molecular weight excluding hydrogens is 204 g/mol. The minimum atomic E-state index is 0.0578. The van der Waals surface area contributed by atoms with Gasteiger partial charge in [0.15, 0.2) is 0 Å². The monoisotopic (exact) mass is 222 g/mol. The first-order chi connectivity index (χ1) is 7.66. The number of nitrogens with zero attached hydrogens (tertiary/aromatic N) is 3. The van der Waals surface area contributed by atoms with E-state index in [0.717, 1.165) is 5.82 Å². The van der Waals surface area contributed by atoms with Crippen LogP contribution in [-0.4, -0.2) is 20.7 Å². The topological polar surface area (TPSA) is 59.8 Å². The fraction of sp³-hybridized carbons (Fsp3) is 0.727. The Morgan fingerprint density at radius 1 is 1.44 bits per heavy atom. The maximum atomic E-state index is 11.7. The number of nitrogens with one attached hydrogen (secondary N) is 1. The van der Waals surface area contributed by atoms with Crippen LogP contribution in [0.3, 0.4) is 0 Å². The smallest absolute Gasteiger partial charge is 0.230 e. The van der Waals surface area contributed by atoms with Crippen molar-refractivity contribution in [3.05, 3.63) is 5.82 Å². The van der Waals surface area contributed by atoms with Gasteiger partial charge in [-0.1, -0.05) is 12.8 Å². The zero-order valence-electron chi connectivity index (χ0n) is 9.86. The molecule has 88 valence electrons. The first-order valence-electron chi connectivity index (χ1n) is 5.82. The Labute approximate surface area is 95.2 Å². The van der Waals surface area contributed by atoms with Gasteiger partial charge in [-0.2, -0.15) is 0 Å². The summed E-state index contributed by atoms with van der Waals surface area (Å²) in [5, 5.41) is 10.6. The van der Waals surface area contributed by atoms with Crippen molar-refractivity contribution in [3.8, 4) is 0 Å². The molecule has 0 saturated heterocycles. The van der Waals surface area contributed by atoms with Crippen molar-refractivity contribution < 1.29 is 4.79 Å². The molecule has 0 spiro atoms. The van der Waals surface area contributed by atoms with Gasteiger partial charge < -0.3 is 4.57 Å². The Hall–Kier alpha value is -1.39. The molecule has 5 heteroatoms. The lowest BCUT2D eigenvalue weighted by Gasteiger charge is -2.08. The summed E-state index contributed by atoms with van der Waals surface area (Å²) in [6.07, 6.45) is 5.52. The number of carbonyl (C=O) groups excluding carboxylic acids is 1. The third kappa shape index (κ3) is 2.40. The molecule has 1 aromatic heterocycles. The zero-order chi connectivity index (χ0) is 11.5. The molecule has 0 unspecified atom stereocenters. The number of aryl methyl sites for hydroxylation is 1. The number of aromatic nitrogens is 3. The van der Waals surface area contributed by atoms with Crippen LogP contribution >= 0.6 is 0 Å². The third-order valence-corrected chi connectivity index (χ3v) is 3.29. The Morgan fingerprint density at radius 2 is 2.12 bits per heavy atom. The molecule has 5 nitrogen and oxygen atoms in total. The molecule has 2 rings (SSSR count). The van der Waals surface area contributed by atoms with Gasteiger partial charge >= 0.3 is 0 Å². The highest BCUT2D eigenvalue weighted by Gasteiger charge is 2.19. The van der Waals surface area contributed by atoms with Crippen LogP contribution < -0.4 is 5.32 Å². The molecule has 1 heterocycles. The summed E-state index contributed by atoms with van der Waals surface area (Å²) < 4.78 is 1.78. The summed E-state index contributed by atoms with van der Waals surface area (Å²) in [7, 11) is 1.85. The fourth-order valence-corrected chi connectivity index (χ4v) is 2.17. The van der Waals surface area contributed by atoms with Crippen LogP contribution in [0.15, 0.2) is 0 Å². The van der Waals surface area contributed by atoms with Gasteiger partial charge in [0.2, 0.25) is 11.9 Å². The quantitative estimate of drug-likeness (QED) is 0.845.